The Morgan fingerprint density at radius 1 is 1.18 bits per heavy atom. The highest BCUT2D eigenvalue weighted by atomic mass is 19.4. The highest BCUT2D eigenvalue weighted by molar-refractivity contribution is 5.73. The molecule has 13 heteroatoms. The minimum atomic E-state index is -5.08. The lowest BCUT2D eigenvalue weighted by atomic mass is 10.0. The Kier molecular flexibility index (Phi) is 7.05. The lowest BCUT2D eigenvalue weighted by molar-refractivity contribution is -0.192. The molecule has 3 aromatic rings. The number of aliphatic carboxylic acids is 1. The third-order valence-corrected chi connectivity index (χ3v) is 5.35. The molecule has 0 fully saturated rings. The van der Waals surface area contributed by atoms with E-state index in [4.69, 9.17) is 9.90 Å². The first-order valence-electron chi connectivity index (χ1n) is 10.0. The van der Waals surface area contributed by atoms with Crippen LogP contribution in [0.1, 0.15) is 33.9 Å². The predicted octanol–water partition coefficient (Wildman–Crippen LogP) is 4.42. The van der Waals surface area contributed by atoms with E-state index in [9.17, 15) is 26.3 Å². The van der Waals surface area contributed by atoms with Gasteiger partial charge in [-0.3, -0.25) is 10.00 Å². The van der Waals surface area contributed by atoms with Crippen LogP contribution >= 0.6 is 0 Å². The third-order valence-electron chi connectivity index (χ3n) is 5.35. The standard InChI is InChI=1S/C19H20F3N5.C2HF3O2/c1-12-9-15(27-8-6-23-13(27)2)4-3-14(12)10-26-7-5-17-16(11-26)18(25-24-17)19(20,21)22;3-2(4,5)1(6)7/h3-4,6,8-9H,5,7,10-11H2,1-2H3,(H,24,25);(H,6,7). The second-order valence-electron chi connectivity index (χ2n) is 7.75. The van der Waals surface area contributed by atoms with Gasteiger partial charge >= 0.3 is 18.3 Å². The Morgan fingerprint density at radius 3 is 2.38 bits per heavy atom. The summed E-state index contributed by atoms with van der Waals surface area (Å²) in [6, 6.07) is 6.14. The third kappa shape index (κ3) is 5.76. The molecular formula is C21H21F6N5O2. The summed E-state index contributed by atoms with van der Waals surface area (Å²) in [4.78, 5) is 15.2. The fourth-order valence-corrected chi connectivity index (χ4v) is 3.62. The number of aryl methyl sites for hydroxylation is 2. The number of imidazole rings is 1. The van der Waals surface area contributed by atoms with E-state index in [2.05, 4.69) is 21.2 Å². The van der Waals surface area contributed by atoms with Crippen molar-refractivity contribution in [1.29, 1.82) is 0 Å². The zero-order valence-electron chi connectivity index (χ0n) is 18.1. The number of H-pyrrole nitrogens is 1. The van der Waals surface area contributed by atoms with E-state index < -0.39 is 24.0 Å². The Labute approximate surface area is 190 Å². The summed E-state index contributed by atoms with van der Waals surface area (Å²) in [6.07, 6.45) is -5.29. The normalized spacial score (nSPS) is 14.4. The van der Waals surface area contributed by atoms with Crippen LogP contribution in [0.2, 0.25) is 0 Å². The Bertz CT molecular complexity index is 1170. The molecule has 0 atom stereocenters. The van der Waals surface area contributed by atoms with Crippen molar-refractivity contribution in [2.45, 2.75) is 45.7 Å². The van der Waals surface area contributed by atoms with E-state index in [1.807, 2.05) is 41.6 Å². The van der Waals surface area contributed by atoms with Crippen LogP contribution < -0.4 is 0 Å². The molecule has 1 aliphatic heterocycles. The van der Waals surface area contributed by atoms with Crippen LogP contribution in [-0.2, 0) is 30.5 Å². The molecule has 0 spiro atoms. The lowest BCUT2D eigenvalue weighted by Gasteiger charge is -2.28. The summed E-state index contributed by atoms with van der Waals surface area (Å²) in [5, 5.41) is 13.2. The van der Waals surface area contributed by atoms with Crippen molar-refractivity contribution in [3.8, 4) is 5.69 Å². The number of nitrogens with one attached hydrogen (secondary N) is 1. The van der Waals surface area contributed by atoms with Gasteiger partial charge in [-0.05, 0) is 37.1 Å². The summed E-state index contributed by atoms with van der Waals surface area (Å²) in [5.41, 5.74) is 3.33. The molecule has 4 rings (SSSR count). The van der Waals surface area contributed by atoms with Crippen molar-refractivity contribution in [2.24, 2.45) is 0 Å². The van der Waals surface area contributed by atoms with Gasteiger partial charge in [0.2, 0.25) is 0 Å². The number of benzene rings is 1. The SMILES string of the molecule is Cc1cc(-n2ccnc2C)ccc1CN1CCc2[nH]nc(C(F)(F)F)c2C1.O=C(O)C(F)(F)F. The molecule has 0 bridgehead atoms. The molecule has 184 valence electrons. The number of nitrogens with zero attached hydrogens (tertiary/aromatic N) is 4. The number of alkyl halides is 6. The van der Waals surface area contributed by atoms with Gasteiger partial charge in [0.25, 0.3) is 0 Å². The van der Waals surface area contributed by atoms with Gasteiger partial charge in [0.15, 0.2) is 5.69 Å². The fourth-order valence-electron chi connectivity index (χ4n) is 3.62. The average molecular weight is 489 g/mol. The number of fused-ring (bicyclic) bond motifs is 1. The van der Waals surface area contributed by atoms with Crippen LogP contribution in [0.5, 0.6) is 0 Å². The topological polar surface area (TPSA) is 87.0 Å². The Hall–Kier alpha value is -3.35. The lowest BCUT2D eigenvalue weighted by Crippen LogP contribution is -2.31. The zero-order valence-corrected chi connectivity index (χ0v) is 18.1. The van der Waals surface area contributed by atoms with Crippen molar-refractivity contribution in [2.75, 3.05) is 6.54 Å². The van der Waals surface area contributed by atoms with Crippen molar-refractivity contribution in [3.63, 3.8) is 0 Å². The molecule has 0 aliphatic carbocycles. The van der Waals surface area contributed by atoms with E-state index in [0.717, 1.165) is 22.6 Å². The summed E-state index contributed by atoms with van der Waals surface area (Å²) in [5.74, 6) is -1.85. The van der Waals surface area contributed by atoms with E-state index >= 15 is 0 Å². The maximum atomic E-state index is 13.1. The number of carbonyl (C=O) groups is 1. The second-order valence-corrected chi connectivity index (χ2v) is 7.75. The van der Waals surface area contributed by atoms with Gasteiger partial charge in [0.1, 0.15) is 5.82 Å². The number of rotatable bonds is 3. The number of carboxylic acids is 1. The van der Waals surface area contributed by atoms with Crippen molar-refractivity contribution < 1.29 is 36.2 Å². The fraction of sp³-hybridized carbons (Fsp3) is 0.381. The van der Waals surface area contributed by atoms with Gasteiger partial charge in [-0.15, -0.1) is 0 Å². The quantitative estimate of drug-likeness (QED) is 0.532. The highest BCUT2D eigenvalue weighted by Gasteiger charge is 2.39. The molecule has 1 aromatic carbocycles. The van der Waals surface area contributed by atoms with E-state index in [-0.39, 0.29) is 12.1 Å². The van der Waals surface area contributed by atoms with Crippen LogP contribution in [0.25, 0.3) is 5.69 Å². The molecule has 0 radical (unpaired) electrons. The summed E-state index contributed by atoms with van der Waals surface area (Å²) >= 11 is 0. The van der Waals surface area contributed by atoms with Gasteiger partial charge in [0.05, 0.1) is 0 Å². The minimum Gasteiger partial charge on any atom is -0.475 e. The molecule has 0 saturated heterocycles. The predicted molar refractivity (Wildman–Crippen MR) is 108 cm³/mol. The molecule has 2 N–H and O–H groups in total. The summed E-state index contributed by atoms with van der Waals surface area (Å²) < 4.78 is 73.1. The first kappa shape index (κ1) is 25.3. The van der Waals surface area contributed by atoms with Gasteiger partial charge in [-0.1, -0.05) is 6.07 Å². The van der Waals surface area contributed by atoms with Gasteiger partial charge in [-0.25, -0.2) is 9.78 Å². The molecule has 0 saturated carbocycles. The van der Waals surface area contributed by atoms with Gasteiger partial charge in [-0.2, -0.15) is 31.4 Å². The molecule has 1 aliphatic rings. The molecule has 0 unspecified atom stereocenters. The van der Waals surface area contributed by atoms with Gasteiger partial charge in [0, 0.05) is 55.4 Å². The first-order valence-corrected chi connectivity index (χ1v) is 10.0. The number of hydrogen-bond donors (Lipinski definition) is 2. The highest BCUT2D eigenvalue weighted by Crippen LogP contribution is 2.34. The monoisotopic (exact) mass is 489 g/mol. The minimum absolute atomic E-state index is 0.252. The van der Waals surface area contributed by atoms with Crippen LogP contribution in [0.4, 0.5) is 26.3 Å². The molecule has 0 amide bonds. The van der Waals surface area contributed by atoms with E-state index in [1.54, 1.807) is 6.20 Å². The Balaban J connectivity index is 0.000000406. The number of aromatic nitrogens is 4. The van der Waals surface area contributed by atoms with Crippen LogP contribution in [0.15, 0.2) is 30.6 Å². The molecule has 2 aromatic heterocycles. The smallest absolute Gasteiger partial charge is 0.475 e. The first-order chi connectivity index (χ1) is 15.8. The summed E-state index contributed by atoms with van der Waals surface area (Å²) in [7, 11) is 0. The molecule has 7 nitrogen and oxygen atoms in total. The number of carboxylic acid groups (broad SMARTS) is 1. The largest absolute Gasteiger partial charge is 0.490 e. The molecular weight excluding hydrogens is 468 g/mol. The maximum absolute atomic E-state index is 13.1. The van der Waals surface area contributed by atoms with Crippen LogP contribution in [0, 0.1) is 13.8 Å². The summed E-state index contributed by atoms with van der Waals surface area (Å²) in [6.45, 7) is 5.53. The molecule has 34 heavy (non-hydrogen) atoms. The van der Waals surface area contributed by atoms with E-state index in [0.29, 0.717) is 25.2 Å². The van der Waals surface area contributed by atoms with Crippen molar-refractivity contribution >= 4 is 5.97 Å². The Morgan fingerprint density at radius 2 is 1.85 bits per heavy atom. The zero-order chi connectivity index (χ0) is 25.3. The van der Waals surface area contributed by atoms with E-state index in [1.165, 1.54) is 0 Å². The van der Waals surface area contributed by atoms with Gasteiger partial charge < -0.3 is 9.67 Å². The average Bonchev–Trinajstić information content (AvgIpc) is 3.35. The number of aromatic amines is 1. The number of hydrogen-bond acceptors (Lipinski definition) is 4. The number of halogens is 6. The molecule has 3 heterocycles. The van der Waals surface area contributed by atoms with Crippen LogP contribution in [-0.4, -0.2) is 48.4 Å². The van der Waals surface area contributed by atoms with Crippen molar-refractivity contribution in [3.05, 3.63) is 64.5 Å². The van der Waals surface area contributed by atoms with Crippen molar-refractivity contribution in [1.82, 2.24) is 24.6 Å². The van der Waals surface area contributed by atoms with Crippen LogP contribution in [0.3, 0.4) is 0 Å². The maximum Gasteiger partial charge on any atom is 0.490 e. The second kappa shape index (κ2) is 9.49.